The van der Waals surface area contributed by atoms with E-state index in [9.17, 15) is 0 Å². The summed E-state index contributed by atoms with van der Waals surface area (Å²) >= 11 is 0. The summed E-state index contributed by atoms with van der Waals surface area (Å²) in [4.78, 5) is 2.84. The van der Waals surface area contributed by atoms with Crippen molar-refractivity contribution >= 4 is 0 Å². The second kappa shape index (κ2) is 6.38. The van der Waals surface area contributed by atoms with E-state index in [1.807, 2.05) is 0 Å². The topological polar surface area (TPSA) is 15.3 Å². The van der Waals surface area contributed by atoms with E-state index in [0.29, 0.717) is 5.41 Å². The predicted octanol–water partition coefficient (Wildman–Crippen LogP) is 3.28. The van der Waals surface area contributed by atoms with Crippen LogP contribution in [0, 0.1) is 11.3 Å². The summed E-state index contributed by atoms with van der Waals surface area (Å²) in [6, 6.07) is 0.923. The van der Waals surface area contributed by atoms with Crippen LogP contribution in [0.25, 0.3) is 0 Å². The Kier molecular flexibility index (Phi) is 5.08. The lowest BCUT2D eigenvalue weighted by Crippen LogP contribution is -2.49. The van der Waals surface area contributed by atoms with Gasteiger partial charge in [-0.3, -0.25) is 4.90 Å². The van der Waals surface area contributed by atoms with Crippen LogP contribution in [-0.2, 0) is 0 Å². The Morgan fingerprint density at radius 1 is 1.22 bits per heavy atom. The van der Waals surface area contributed by atoms with E-state index in [4.69, 9.17) is 0 Å². The van der Waals surface area contributed by atoms with E-state index in [1.165, 1.54) is 58.0 Å². The standard InChI is InChI=1S/C16H32N2/c1-4-10-16(2,12-17-3)13-18-11-6-8-14-7-5-9-15(14)18/h14-15,17H,4-13H2,1-3H3. The van der Waals surface area contributed by atoms with Gasteiger partial charge in [-0.2, -0.15) is 0 Å². The zero-order valence-corrected chi connectivity index (χ0v) is 12.7. The molecule has 2 heteroatoms. The summed E-state index contributed by atoms with van der Waals surface area (Å²) in [6.45, 7) is 8.62. The second-order valence-corrected chi connectivity index (χ2v) is 6.96. The highest BCUT2D eigenvalue weighted by molar-refractivity contribution is 4.92. The van der Waals surface area contributed by atoms with Crippen molar-refractivity contribution in [2.75, 3.05) is 26.7 Å². The largest absolute Gasteiger partial charge is 0.319 e. The van der Waals surface area contributed by atoms with Crippen LogP contribution in [0.5, 0.6) is 0 Å². The number of likely N-dealkylation sites (tertiary alicyclic amines) is 1. The molecule has 0 aromatic carbocycles. The van der Waals surface area contributed by atoms with E-state index >= 15 is 0 Å². The number of nitrogens with one attached hydrogen (secondary N) is 1. The molecular weight excluding hydrogens is 220 g/mol. The zero-order valence-electron chi connectivity index (χ0n) is 12.7. The minimum atomic E-state index is 0.466. The van der Waals surface area contributed by atoms with Gasteiger partial charge < -0.3 is 5.32 Å². The molecule has 2 fully saturated rings. The van der Waals surface area contributed by atoms with E-state index in [2.05, 4.69) is 31.1 Å². The third-order valence-electron chi connectivity index (χ3n) is 5.15. The molecule has 1 N–H and O–H groups in total. The van der Waals surface area contributed by atoms with Crippen LogP contribution < -0.4 is 5.32 Å². The van der Waals surface area contributed by atoms with Crippen molar-refractivity contribution in [2.45, 2.75) is 64.8 Å². The van der Waals surface area contributed by atoms with Gasteiger partial charge in [-0.15, -0.1) is 0 Å². The molecule has 0 bridgehead atoms. The maximum atomic E-state index is 3.42. The fourth-order valence-electron chi connectivity index (χ4n) is 4.50. The first-order valence-corrected chi connectivity index (χ1v) is 8.07. The molecule has 1 saturated heterocycles. The van der Waals surface area contributed by atoms with E-state index in [-0.39, 0.29) is 0 Å². The average Bonchev–Trinajstić information content (AvgIpc) is 2.78. The van der Waals surface area contributed by atoms with E-state index < -0.39 is 0 Å². The van der Waals surface area contributed by atoms with Gasteiger partial charge in [-0.1, -0.05) is 26.7 Å². The van der Waals surface area contributed by atoms with Crippen LogP contribution in [0.1, 0.15) is 58.8 Å². The van der Waals surface area contributed by atoms with Gasteiger partial charge in [-0.25, -0.2) is 0 Å². The van der Waals surface area contributed by atoms with Crippen molar-refractivity contribution in [3.63, 3.8) is 0 Å². The van der Waals surface area contributed by atoms with Gasteiger partial charge in [0, 0.05) is 19.1 Å². The molecule has 0 aromatic rings. The van der Waals surface area contributed by atoms with E-state index in [0.717, 1.165) is 18.5 Å². The molecule has 1 aliphatic heterocycles. The molecule has 2 rings (SSSR count). The fourth-order valence-corrected chi connectivity index (χ4v) is 4.50. The molecule has 3 atom stereocenters. The lowest BCUT2D eigenvalue weighted by molar-refractivity contribution is 0.0615. The van der Waals surface area contributed by atoms with Gasteiger partial charge in [0.15, 0.2) is 0 Å². The molecule has 0 aromatic heterocycles. The maximum absolute atomic E-state index is 3.42. The summed E-state index contributed by atoms with van der Waals surface area (Å²) in [5, 5.41) is 3.42. The SMILES string of the molecule is CCCC(C)(CNC)CN1CCCC2CCCC21. The number of rotatable bonds is 6. The summed E-state index contributed by atoms with van der Waals surface area (Å²) in [5.41, 5.74) is 0.466. The summed E-state index contributed by atoms with van der Waals surface area (Å²) in [5.74, 6) is 1.03. The Balaban J connectivity index is 1.96. The van der Waals surface area contributed by atoms with Crippen molar-refractivity contribution in [1.29, 1.82) is 0 Å². The predicted molar refractivity (Wildman–Crippen MR) is 78.9 cm³/mol. The third-order valence-corrected chi connectivity index (χ3v) is 5.15. The first-order valence-electron chi connectivity index (χ1n) is 8.07. The molecule has 106 valence electrons. The average molecular weight is 252 g/mol. The molecule has 3 unspecified atom stereocenters. The van der Waals surface area contributed by atoms with Crippen molar-refractivity contribution in [3.05, 3.63) is 0 Å². The quantitative estimate of drug-likeness (QED) is 0.780. The third kappa shape index (κ3) is 3.27. The Morgan fingerprint density at radius 3 is 2.72 bits per heavy atom. The number of piperidine rings is 1. The fraction of sp³-hybridized carbons (Fsp3) is 1.00. The Morgan fingerprint density at radius 2 is 2.00 bits per heavy atom. The first-order chi connectivity index (χ1) is 8.68. The smallest absolute Gasteiger partial charge is 0.0124 e. The maximum Gasteiger partial charge on any atom is 0.0124 e. The molecule has 1 aliphatic carbocycles. The highest BCUT2D eigenvalue weighted by Gasteiger charge is 2.37. The highest BCUT2D eigenvalue weighted by atomic mass is 15.2. The van der Waals surface area contributed by atoms with Gasteiger partial charge in [-0.05, 0) is 57.0 Å². The Hall–Kier alpha value is -0.0800. The Labute approximate surface area is 114 Å². The van der Waals surface area contributed by atoms with Crippen molar-refractivity contribution in [2.24, 2.45) is 11.3 Å². The van der Waals surface area contributed by atoms with Crippen molar-refractivity contribution in [1.82, 2.24) is 10.2 Å². The zero-order chi connectivity index (χ0) is 13.0. The van der Waals surface area contributed by atoms with Gasteiger partial charge in [0.1, 0.15) is 0 Å². The number of hydrogen-bond donors (Lipinski definition) is 1. The van der Waals surface area contributed by atoms with Crippen LogP contribution >= 0.6 is 0 Å². The first kappa shape index (κ1) is 14.3. The van der Waals surface area contributed by atoms with E-state index in [1.54, 1.807) is 0 Å². The van der Waals surface area contributed by atoms with Crippen LogP contribution in [0.4, 0.5) is 0 Å². The van der Waals surface area contributed by atoms with Crippen LogP contribution in [0.3, 0.4) is 0 Å². The van der Waals surface area contributed by atoms with Crippen LogP contribution in [-0.4, -0.2) is 37.6 Å². The molecule has 1 heterocycles. The van der Waals surface area contributed by atoms with Crippen LogP contribution in [0.15, 0.2) is 0 Å². The van der Waals surface area contributed by atoms with Crippen molar-refractivity contribution in [3.8, 4) is 0 Å². The van der Waals surface area contributed by atoms with Gasteiger partial charge >= 0.3 is 0 Å². The molecule has 0 amide bonds. The second-order valence-electron chi connectivity index (χ2n) is 6.96. The molecule has 1 saturated carbocycles. The number of nitrogens with zero attached hydrogens (tertiary/aromatic N) is 1. The Bertz CT molecular complexity index is 245. The van der Waals surface area contributed by atoms with Gasteiger partial charge in [0.05, 0.1) is 0 Å². The summed E-state index contributed by atoms with van der Waals surface area (Å²) in [6.07, 6.45) is 10.0. The van der Waals surface area contributed by atoms with Gasteiger partial charge in [0.25, 0.3) is 0 Å². The summed E-state index contributed by atoms with van der Waals surface area (Å²) in [7, 11) is 2.10. The van der Waals surface area contributed by atoms with Gasteiger partial charge in [0.2, 0.25) is 0 Å². The molecule has 18 heavy (non-hydrogen) atoms. The normalized spacial score (nSPS) is 32.2. The molecule has 0 spiro atoms. The molecule has 2 aliphatic rings. The monoisotopic (exact) mass is 252 g/mol. The minimum Gasteiger partial charge on any atom is -0.319 e. The molecule has 2 nitrogen and oxygen atoms in total. The summed E-state index contributed by atoms with van der Waals surface area (Å²) < 4.78 is 0. The highest BCUT2D eigenvalue weighted by Crippen LogP contribution is 2.38. The lowest BCUT2D eigenvalue weighted by Gasteiger charge is -2.43. The minimum absolute atomic E-state index is 0.466. The molecular formula is C16H32N2. The number of hydrogen-bond acceptors (Lipinski definition) is 2. The molecule has 0 radical (unpaired) electrons. The number of fused-ring (bicyclic) bond motifs is 1. The van der Waals surface area contributed by atoms with Crippen molar-refractivity contribution < 1.29 is 0 Å². The van der Waals surface area contributed by atoms with Crippen LogP contribution in [0.2, 0.25) is 0 Å². The lowest BCUT2D eigenvalue weighted by atomic mass is 9.82.